The highest BCUT2D eigenvalue weighted by Gasteiger charge is 2.33. The summed E-state index contributed by atoms with van der Waals surface area (Å²) in [5, 5.41) is 2.21. The third-order valence-corrected chi connectivity index (χ3v) is 7.81. The molecule has 3 nitrogen and oxygen atoms in total. The summed E-state index contributed by atoms with van der Waals surface area (Å²) in [5.74, 6) is 0.303. The number of fused-ring (bicyclic) bond motifs is 2. The number of nitrogens with zero attached hydrogens (tertiary/aromatic N) is 2. The number of rotatable bonds is 4. The molecule has 3 aliphatic rings. The van der Waals surface area contributed by atoms with Gasteiger partial charge in [0.05, 0.1) is 12.5 Å². The number of carbonyl (C=O) groups is 1. The van der Waals surface area contributed by atoms with Crippen molar-refractivity contribution in [2.45, 2.75) is 57.4 Å². The van der Waals surface area contributed by atoms with Gasteiger partial charge in [0.1, 0.15) is 0 Å². The predicted molar refractivity (Wildman–Crippen MR) is 115 cm³/mol. The Kier molecular flexibility index (Phi) is 5.25. The number of likely N-dealkylation sites (tertiary alicyclic amines) is 1. The summed E-state index contributed by atoms with van der Waals surface area (Å²) < 4.78 is 0. The van der Waals surface area contributed by atoms with E-state index < -0.39 is 0 Å². The van der Waals surface area contributed by atoms with E-state index in [-0.39, 0.29) is 6.04 Å². The largest absolute Gasteiger partial charge is 0.334 e. The minimum atomic E-state index is 0.234. The van der Waals surface area contributed by atoms with Crippen molar-refractivity contribution >= 4 is 17.2 Å². The first-order valence-electron chi connectivity index (χ1n) is 11.0. The summed E-state index contributed by atoms with van der Waals surface area (Å²) in [7, 11) is 0. The molecule has 4 heteroatoms. The molecule has 3 heterocycles. The van der Waals surface area contributed by atoms with E-state index in [1.54, 1.807) is 0 Å². The summed E-state index contributed by atoms with van der Waals surface area (Å²) in [5.41, 5.74) is 5.57. The minimum Gasteiger partial charge on any atom is -0.334 e. The van der Waals surface area contributed by atoms with Gasteiger partial charge in [-0.2, -0.15) is 0 Å². The first-order valence-corrected chi connectivity index (χ1v) is 11.8. The SMILES string of the molecule is O=C(Cc1ccc2c(c1)CCCC2)N1CCc2sccc2C1CN1CCCC1. The van der Waals surface area contributed by atoms with Crippen molar-refractivity contribution in [1.29, 1.82) is 0 Å². The first kappa shape index (κ1) is 18.4. The van der Waals surface area contributed by atoms with Crippen molar-refractivity contribution in [1.82, 2.24) is 9.80 Å². The lowest BCUT2D eigenvalue weighted by atomic mass is 9.89. The number of hydrogen-bond donors (Lipinski definition) is 0. The second-order valence-corrected chi connectivity index (χ2v) is 9.65. The summed E-state index contributed by atoms with van der Waals surface area (Å²) in [6.45, 7) is 4.24. The molecule has 1 aromatic heterocycles. The Labute approximate surface area is 172 Å². The standard InChI is InChI=1S/C24H30N2OS/c27-24(16-18-7-8-19-5-1-2-6-20(19)15-18)26-13-9-23-21(10-14-28-23)22(26)17-25-11-3-4-12-25/h7-8,10,14-15,22H,1-6,9,11-13,16-17H2. The molecule has 148 valence electrons. The molecule has 0 saturated carbocycles. The van der Waals surface area contributed by atoms with Gasteiger partial charge in [-0.05, 0) is 91.7 Å². The molecule has 0 N–H and O–H groups in total. The Morgan fingerprint density at radius 1 is 0.964 bits per heavy atom. The molecule has 2 aliphatic heterocycles. The van der Waals surface area contributed by atoms with Crippen LogP contribution >= 0.6 is 11.3 Å². The molecular weight excluding hydrogens is 364 g/mol. The molecule has 2 aromatic rings. The molecule has 0 bridgehead atoms. The van der Waals surface area contributed by atoms with Gasteiger partial charge in [-0.15, -0.1) is 11.3 Å². The zero-order chi connectivity index (χ0) is 18.9. The van der Waals surface area contributed by atoms with Gasteiger partial charge < -0.3 is 9.80 Å². The lowest BCUT2D eigenvalue weighted by Crippen LogP contribution is -2.45. The van der Waals surface area contributed by atoms with Crippen LogP contribution in [0.15, 0.2) is 29.6 Å². The number of amides is 1. The van der Waals surface area contributed by atoms with Crippen molar-refractivity contribution in [3.63, 3.8) is 0 Å². The van der Waals surface area contributed by atoms with E-state index >= 15 is 0 Å². The average Bonchev–Trinajstić information content (AvgIpc) is 3.40. The summed E-state index contributed by atoms with van der Waals surface area (Å²) in [4.78, 5) is 19.6. The molecule has 1 amide bonds. The lowest BCUT2D eigenvalue weighted by molar-refractivity contribution is -0.133. The Bertz CT molecular complexity index is 852. The second-order valence-electron chi connectivity index (χ2n) is 8.65. The van der Waals surface area contributed by atoms with Crippen LogP contribution in [0.2, 0.25) is 0 Å². The molecule has 1 aliphatic carbocycles. The Morgan fingerprint density at radius 2 is 1.79 bits per heavy atom. The fourth-order valence-corrected chi connectivity index (χ4v) is 6.20. The highest BCUT2D eigenvalue weighted by Crippen LogP contribution is 2.35. The van der Waals surface area contributed by atoms with Crippen molar-refractivity contribution in [3.05, 3.63) is 56.8 Å². The summed E-state index contributed by atoms with van der Waals surface area (Å²) in [6.07, 6.45) is 9.13. The highest BCUT2D eigenvalue weighted by molar-refractivity contribution is 7.10. The van der Waals surface area contributed by atoms with Crippen molar-refractivity contribution in [2.75, 3.05) is 26.2 Å². The molecular formula is C24H30N2OS. The average molecular weight is 395 g/mol. The van der Waals surface area contributed by atoms with E-state index in [1.807, 2.05) is 11.3 Å². The summed E-state index contributed by atoms with van der Waals surface area (Å²) in [6, 6.07) is 9.27. The van der Waals surface area contributed by atoms with E-state index in [1.165, 1.54) is 78.7 Å². The van der Waals surface area contributed by atoms with Crippen molar-refractivity contribution < 1.29 is 4.79 Å². The monoisotopic (exact) mass is 394 g/mol. The molecule has 1 aromatic carbocycles. The lowest BCUT2D eigenvalue weighted by Gasteiger charge is -2.38. The molecule has 0 radical (unpaired) electrons. The van der Waals surface area contributed by atoms with Crippen LogP contribution in [0.25, 0.3) is 0 Å². The Balaban J connectivity index is 1.35. The van der Waals surface area contributed by atoms with Gasteiger partial charge in [-0.1, -0.05) is 18.2 Å². The topological polar surface area (TPSA) is 23.6 Å². The molecule has 1 fully saturated rings. The smallest absolute Gasteiger partial charge is 0.227 e. The van der Waals surface area contributed by atoms with Gasteiger partial charge in [0.15, 0.2) is 0 Å². The predicted octanol–water partition coefficient (Wildman–Crippen LogP) is 4.39. The van der Waals surface area contributed by atoms with Crippen LogP contribution in [0.3, 0.4) is 0 Å². The van der Waals surface area contributed by atoms with Crippen LogP contribution in [0.1, 0.15) is 58.9 Å². The van der Waals surface area contributed by atoms with Crippen LogP contribution < -0.4 is 0 Å². The van der Waals surface area contributed by atoms with Gasteiger partial charge in [0.2, 0.25) is 5.91 Å². The van der Waals surface area contributed by atoms with Gasteiger partial charge in [-0.3, -0.25) is 4.79 Å². The minimum absolute atomic E-state index is 0.234. The number of hydrogen-bond acceptors (Lipinski definition) is 3. The van der Waals surface area contributed by atoms with Crippen LogP contribution in [-0.2, 0) is 30.5 Å². The first-order chi connectivity index (χ1) is 13.8. The van der Waals surface area contributed by atoms with Crippen LogP contribution in [0.4, 0.5) is 0 Å². The molecule has 1 saturated heterocycles. The fourth-order valence-electron chi connectivity index (χ4n) is 5.27. The molecule has 1 unspecified atom stereocenters. The zero-order valence-electron chi connectivity index (χ0n) is 16.7. The maximum Gasteiger partial charge on any atom is 0.227 e. The number of carbonyl (C=O) groups excluding carboxylic acids is 1. The Hall–Kier alpha value is -1.65. The van der Waals surface area contributed by atoms with Gasteiger partial charge in [0.25, 0.3) is 0 Å². The van der Waals surface area contributed by atoms with E-state index in [0.717, 1.165) is 19.5 Å². The highest BCUT2D eigenvalue weighted by atomic mass is 32.1. The van der Waals surface area contributed by atoms with E-state index in [0.29, 0.717) is 12.3 Å². The molecule has 0 spiro atoms. The Morgan fingerprint density at radius 3 is 2.64 bits per heavy atom. The van der Waals surface area contributed by atoms with Gasteiger partial charge in [0, 0.05) is 18.0 Å². The van der Waals surface area contributed by atoms with Crippen LogP contribution in [0, 0.1) is 0 Å². The van der Waals surface area contributed by atoms with Gasteiger partial charge >= 0.3 is 0 Å². The van der Waals surface area contributed by atoms with Gasteiger partial charge in [-0.25, -0.2) is 0 Å². The fraction of sp³-hybridized carbons (Fsp3) is 0.542. The van der Waals surface area contributed by atoms with E-state index in [4.69, 9.17) is 0 Å². The maximum absolute atomic E-state index is 13.4. The zero-order valence-corrected chi connectivity index (χ0v) is 17.5. The van der Waals surface area contributed by atoms with Crippen molar-refractivity contribution in [3.8, 4) is 0 Å². The second kappa shape index (κ2) is 8.00. The third-order valence-electron chi connectivity index (χ3n) is 6.81. The molecule has 1 atom stereocenters. The molecule has 28 heavy (non-hydrogen) atoms. The quantitative estimate of drug-likeness (QED) is 0.768. The van der Waals surface area contributed by atoms with E-state index in [9.17, 15) is 4.79 Å². The van der Waals surface area contributed by atoms with E-state index in [2.05, 4.69) is 39.4 Å². The summed E-state index contributed by atoms with van der Waals surface area (Å²) >= 11 is 1.86. The number of thiophene rings is 1. The van der Waals surface area contributed by atoms with Crippen LogP contribution in [-0.4, -0.2) is 41.9 Å². The normalized spacial score (nSPS) is 22.1. The van der Waals surface area contributed by atoms with Crippen molar-refractivity contribution in [2.24, 2.45) is 0 Å². The number of benzene rings is 1. The third kappa shape index (κ3) is 3.65. The molecule has 5 rings (SSSR count). The number of aryl methyl sites for hydroxylation is 2. The van der Waals surface area contributed by atoms with Crippen LogP contribution in [0.5, 0.6) is 0 Å². The maximum atomic E-state index is 13.4.